The third kappa shape index (κ3) is 4.51. The monoisotopic (exact) mass is 405 g/mol. The lowest BCUT2D eigenvalue weighted by Gasteiger charge is -2.12. The third-order valence-electron chi connectivity index (χ3n) is 3.81. The van der Waals surface area contributed by atoms with Crippen molar-refractivity contribution in [3.63, 3.8) is 0 Å². The Morgan fingerprint density at radius 1 is 1.22 bits per heavy atom. The van der Waals surface area contributed by atoms with Crippen molar-refractivity contribution in [1.29, 1.82) is 0 Å². The first-order chi connectivity index (χ1) is 12.8. The van der Waals surface area contributed by atoms with Gasteiger partial charge in [-0.3, -0.25) is 4.79 Å². The highest BCUT2D eigenvalue weighted by Crippen LogP contribution is 2.25. The number of sulfonamides is 1. The van der Waals surface area contributed by atoms with Gasteiger partial charge in [-0.2, -0.15) is 0 Å². The number of carbonyl (C=O) groups is 1. The van der Waals surface area contributed by atoms with E-state index in [1.807, 2.05) is 19.1 Å². The number of thiazole rings is 1. The summed E-state index contributed by atoms with van der Waals surface area (Å²) in [6, 6.07) is 10.5. The number of aryl methyl sites for hydroxylation is 1. The van der Waals surface area contributed by atoms with Crippen molar-refractivity contribution in [1.82, 2.24) is 9.71 Å². The summed E-state index contributed by atoms with van der Waals surface area (Å²) >= 11 is 1.55. The largest absolute Gasteiger partial charge is 0.395 e. The zero-order valence-corrected chi connectivity index (χ0v) is 16.4. The standard InChI is InChI=1S/C18H19N3O4S2/c1-11(10-22)21-27(24,25)15-6-3-13(4-7-15)18(23)20-14-5-8-16-17(9-14)26-12(2)19-16/h3-9,11,21-22H,10H2,1-2H3,(H,20,23). The van der Waals surface area contributed by atoms with Crippen molar-refractivity contribution < 1.29 is 18.3 Å². The molecule has 9 heteroatoms. The second-order valence-corrected chi connectivity index (χ2v) is 9.05. The lowest BCUT2D eigenvalue weighted by Crippen LogP contribution is -2.35. The van der Waals surface area contributed by atoms with Crippen LogP contribution in [0, 0.1) is 6.92 Å². The Morgan fingerprint density at radius 2 is 1.93 bits per heavy atom. The van der Waals surface area contributed by atoms with Crippen LogP contribution in [0.5, 0.6) is 0 Å². The van der Waals surface area contributed by atoms with Gasteiger partial charge in [0.2, 0.25) is 10.0 Å². The van der Waals surface area contributed by atoms with Crippen molar-refractivity contribution in [3.05, 3.63) is 53.0 Å². The summed E-state index contributed by atoms with van der Waals surface area (Å²) in [4.78, 5) is 16.8. The molecule has 7 nitrogen and oxygen atoms in total. The highest BCUT2D eigenvalue weighted by atomic mass is 32.2. The van der Waals surface area contributed by atoms with E-state index in [4.69, 9.17) is 5.11 Å². The first-order valence-electron chi connectivity index (χ1n) is 8.20. The molecule has 0 aliphatic rings. The van der Waals surface area contributed by atoms with Gasteiger partial charge >= 0.3 is 0 Å². The Balaban J connectivity index is 1.74. The van der Waals surface area contributed by atoms with Crippen LogP contribution in [-0.2, 0) is 10.0 Å². The molecule has 27 heavy (non-hydrogen) atoms. The van der Waals surface area contributed by atoms with E-state index in [0.717, 1.165) is 15.2 Å². The Hall–Kier alpha value is -2.33. The molecule has 0 bridgehead atoms. The second-order valence-electron chi connectivity index (χ2n) is 6.10. The first kappa shape index (κ1) is 19.4. The van der Waals surface area contributed by atoms with Crippen LogP contribution in [-0.4, -0.2) is 37.1 Å². The van der Waals surface area contributed by atoms with Crippen LogP contribution in [0.15, 0.2) is 47.4 Å². The molecular formula is C18H19N3O4S2. The van der Waals surface area contributed by atoms with E-state index < -0.39 is 16.1 Å². The molecule has 1 unspecified atom stereocenters. The van der Waals surface area contributed by atoms with Gasteiger partial charge in [0.1, 0.15) is 0 Å². The number of benzene rings is 2. The summed E-state index contributed by atoms with van der Waals surface area (Å²) in [7, 11) is -3.74. The van der Waals surface area contributed by atoms with Crippen molar-refractivity contribution in [2.45, 2.75) is 24.8 Å². The summed E-state index contributed by atoms with van der Waals surface area (Å²) in [5.74, 6) is -0.337. The number of rotatable bonds is 6. The molecule has 0 aliphatic carbocycles. The van der Waals surface area contributed by atoms with E-state index in [-0.39, 0.29) is 17.4 Å². The molecule has 0 radical (unpaired) electrons. The van der Waals surface area contributed by atoms with Gasteiger partial charge < -0.3 is 10.4 Å². The second kappa shape index (κ2) is 7.73. The average Bonchev–Trinajstić information content (AvgIpc) is 3.00. The maximum Gasteiger partial charge on any atom is 0.255 e. The van der Waals surface area contributed by atoms with Crippen LogP contribution in [0.3, 0.4) is 0 Å². The summed E-state index contributed by atoms with van der Waals surface area (Å²) in [5, 5.41) is 12.7. The molecule has 0 saturated heterocycles. The van der Waals surface area contributed by atoms with Crippen molar-refractivity contribution in [2.24, 2.45) is 0 Å². The highest BCUT2D eigenvalue weighted by Gasteiger charge is 2.17. The van der Waals surface area contributed by atoms with E-state index in [2.05, 4.69) is 15.0 Å². The number of amides is 1. The lowest BCUT2D eigenvalue weighted by molar-refractivity contribution is 0.102. The van der Waals surface area contributed by atoms with Crippen molar-refractivity contribution in [3.8, 4) is 0 Å². The summed E-state index contributed by atoms with van der Waals surface area (Å²) in [6.45, 7) is 3.18. The number of aromatic nitrogens is 1. The van der Waals surface area contributed by atoms with Gasteiger partial charge in [-0.1, -0.05) is 0 Å². The summed E-state index contributed by atoms with van der Waals surface area (Å²) in [6.07, 6.45) is 0. The van der Waals surface area contributed by atoms with Gasteiger partial charge in [-0.25, -0.2) is 18.1 Å². The summed E-state index contributed by atoms with van der Waals surface area (Å²) in [5.41, 5.74) is 1.87. The molecule has 0 spiro atoms. The van der Waals surface area contributed by atoms with Crippen LogP contribution >= 0.6 is 11.3 Å². The minimum absolute atomic E-state index is 0.0286. The quantitative estimate of drug-likeness (QED) is 0.584. The lowest BCUT2D eigenvalue weighted by atomic mass is 10.2. The maximum absolute atomic E-state index is 12.4. The van der Waals surface area contributed by atoms with Gasteiger partial charge in [0, 0.05) is 17.3 Å². The van der Waals surface area contributed by atoms with Gasteiger partial charge in [0.25, 0.3) is 5.91 Å². The Morgan fingerprint density at radius 3 is 2.59 bits per heavy atom. The fourth-order valence-electron chi connectivity index (χ4n) is 2.48. The molecular weight excluding hydrogens is 386 g/mol. The smallest absolute Gasteiger partial charge is 0.255 e. The fourth-order valence-corrected chi connectivity index (χ4v) is 4.58. The predicted molar refractivity (Wildman–Crippen MR) is 106 cm³/mol. The van der Waals surface area contributed by atoms with Crippen molar-refractivity contribution >= 4 is 43.2 Å². The molecule has 3 N–H and O–H groups in total. The number of nitrogens with zero attached hydrogens (tertiary/aromatic N) is 1. The Labute approximate surface area is 161 Å². The number of nitrogens with one attached hydrogen (secondary N) is 2. The van der Waals surface area contributed by atoms with E-state index >= 15 is 0 Å². The van der Waals surface area contributed by atoms with E-state index in [1.165, 1.54) is 24.3 Å². The maximum atomic E-state index is 12.4. The van der Waals surface area contributed by atoms with E-state index in [1.54, 1.807) is 24.3 Å². The molecule has 3 aromatic rings. The first-order valence-corrected chi connectivity index (χ1v) is 10.5. The minimum atomic E-state index is -3.74. The Kier molecular flexibility index (Phi) is 5.56. The van der Waals surface area contributed by atoms with Gasteiger partial charge in [-0.15, -0.1) is 11.3 Å². The SMILES string of the molecule is Cc1nc2ccc(NC(=O)c3ccc(S(=O)(=O)NC(C)CO)cc3)cc2s1. The highest BCUT2D eigenvalue weighted by molar-refractivity contribution is 7.89. The fraction of sp³-hybridized carbons (Fsp3) is 0.222. The molecule has 1 heterocycles. The topological polar surface area (TPSA) is 108 Å². The molecule has 1 aromatic heterocycles. The van der Waals surface area contributed by atoms with E-state index in [0.29, 0.717) is 11.3 Å². The predicted octanol–water partition coefficient (Wildman–Crippen LogP) is 2.52. The number of hydrogen-bond acceptors (Lipinski definition) is 6. The van der Waals surface area contributed by atoms with Crippen LogP contribution in [0.4, 0.5) is 5.69 Å². The molecule has 0 aliphatic heterocycles. The average molecular weight is 406 g/mol. The van der Waals surface area contributed by atoms with E-state index in [9.17, 15) is 13.2 Å². The van der Waals surface area contributed by atoms with Crippen LogP contribution in [0.25, 0.3) is 10.2 Å². The molecule has 1 atom stereocenters. The zero-order valence-electron chi connectivity index (χ0n) is 14.8. The molecule has 2 aromatic carbocycles. The van der Waals surface area contributed by atoms with Crippen LogP contribution in [0.2, 0.25) is 0 Å². The number of anilines is 1. The number of aliphatic hydroxyl groups is 1. The molecule has 0 saturated carbocycles. The Bertz CT molecular complexity index is 1080. The zero-order chi connectivity index (χ0) is 19.6. The normalized spacial score (nSPS) is 12.9. The van der Waals surface area contributed by atoms with Crippen molar-refractivity contribution in [2.75, 3.05) is 11.9 Å². The number of aliphatic hydroxyl groups excluding tert-OH is 1. The number of carbonyl (C=O) groups excluding carboxylic acids is 1. The molecule has 1 amide bonds. The molecule has 3 rings (SSSR count). The van der Waals surface area contributed by atoms with Gasteiger partial charge in [0.05, 0.1) is 26.7 Å². The number of hydrogen-bond donors (Lipinski definition) is 3. The minimum Gasteiger partial charge on any atom is -0.395 e. The third-order valence-corrected chi connectivity index (χ3v) is 6.35. The molecule has 142 valence electrons. The molecule has 0 fully saturated rings. The summed E-state index contributed by atoms with van der Waals surface area (Å²) < 4.78 is 27.7. The van der Waals surface area contributed by atoms with Gasteiger partial charge in [-0.05, 0) is 56.3 Å². The van der Waals surface area contributed by atoms with Crippen LogP contribution < -0.4 is 10.0 Å². The number of fused-ring (bicyclic) bond motifs is 1. The van der Waals surface area contributed by atoms with Gasteiger partial charge in [0.15, 0.2) is 0 Å². The van der Waals surface area contributed by atoms with Crippen LogP contribution in [0.1, 0.15) is 22.3 Å².